The molecule has 150 valence electrons. The third kappa shape index (κ3) is 6.01. The zero-order valence-electron chi connectivity index (χ0n) is 16.4. The van der Waals surface area contributed by atoms with Crippen LogP contribution >= 0.6 is 0 Å². The maximum atomic E-state index is 13.3. The number of benzene rings is 1. The lowest BCUT2D eigenvalue weighted by molar-refractivity contribution is -0.128. The molecule has 1 aromatic carbocycles. The first-order chi connectivity index (χ1) is 13.2. The number of carbonyl (C=O) groups excluding carboxylic acids is 1. The monoisotopic (exact) mass is 376 g/mol. The van der Waals surface area contributed by atoms with Gasteiger partial charge in [-0.25, -0.2) is 4.39 Å². The van der Waals surface area contributed by atoms with Gasteiger partial charge in [0.15, 0.2) is 0 Å². The van der Waals surface area contributed by atoms with Crippen LogP contribution in [-0.4, -0.2) is 30.7 Å². The molecule has 0 spiro atoms. The van der Waals surface area contributed by atoms with Gasteiger partial charge in [-0.05, 0) is 56.2 Å². The second-order valence-corrected chi connectivity index (χ2v) is 8.02. The number of hydrogen-bond donors (Lipinski definition) is 2. The first-order valence-corrected chi connectivity index (χ1v) is 10.6. The minimum Gasteiger partial charge on any atom is -0.377 e. The highest BCUT2D eigenvalue weighted by molar-refractivity contribution is 5.78. The molecule has 0 bridgehead atoms. The van der Waals surface area contributed by atoms with Crippen molar-refractivity contribution in [2.24, 2.45) is 5.92 Å². The highest BCUT2D eigenvalue weighted by Crippen LogP contribution is 2.29. The summed E-state index contributed by atoms with van der Waals surface area (Å²) in [4.78, 5) is 12.6. The second-order valence-electron chi connectivity index (χ2n) is 8.02. The Bertz CT molecular complexity index is 604. The van der Waals surface area contributed by atoms with Gasteiger partial charge in [-0.3, -0.25) is 4.79 Å². The van der Waals surface area contributed by atoms with Gasteiger partial charge >= 0.3 is 0 Å². The SMILES string of the molecule is CCCO[C@@H]1C[C@@H](C(=O)NCc2cccc(F)c2)CC[C@H]1NC1CCCC1. The van der Waals surface area contributed by atoms with Gasteiger partial charge in [-0.15, -0.1) is 0 Å². The predicted molar refractivity (Wildman–Crippen MR) is 105 cm³/mol. The van der Waals surface area contributed by atoms with E-state index in [0.717, 1.165) is 37.9 Å². The van der Waals surface area contributed by atoms with Crippen LogP contribution < -0.4 is 10.6 Å². The molecule has 5 heteroatoms. The summed E-state index contributed by atoms with van der Waals surface area (Å²) in [5.74, 6) is -0.237. The molecule has 0 heterocycles. The van der Waals surface area contributed by atoms with Gasteiger partial charge < -0.3 is 15.4 Å². The Morgan fingerprint density at radius 3 is 2.78 bits per heavy atom. The normalized spacial score (nSPS) is 26.2. The van der Waals surface area contributed by atoms with Gasteiger partial charge in [0, 0.05) is 31.2 Å². The van der Waals surface area contributed by atoms with Gasteiger partial charge in [-0.2, -0.15) is 0 Å². The van der Waals surface area contributed by atoms with E-state index in [0.29, 0.717) is 18.6 Å². The van der Waals surface area contributed by atoms with E-state index in [1.54, 1.807) is 6.07 Å². The van der Waals surface area contributed by atoms with Gasteiger partial charge in [0.2, 0.25) is 5.91 Å². The lowest BCUT2D eigenvalue weighted by Crippen LogP contribution is -2.50. The van der Waals surface area contributed by atoms with Crippen LogP contribution in [0.25, 0.3) is 0 Å². The van der Waals surface area contributed by atoms with Crippen LogP contribution in [0.2, 0.25) is 0 Å². The van der Waals surface area contributed by atoms with Gasteiger partial charge in [-0.1, -0.05) is 31.9 Å². The zero-order valence-corrected chi connectivity index (χ0v) is 16.4. The molecule has 3 rings (SSSR count). The number of nitrogens with one attached hydrogen (secondary N) is 2. The Hall–Kier alpha value is -1.46. The van der Waals surface area contributed by atoms with Crippen LogP contribution in [-0.2, 0) is 16.1 Å². The quantitative estimate of drug-likeness (QED) is 0.723. The van der Waals surface area contributed by atoms with Crippen molar-refractivity contribution in [3.63, 3.8) is 0 Å². The maximum absolute atomic E-state index is 13.3. The summed E-state index contributed by atoms with van der Waals surface area (Å²) in [5.41, 5.74) is 0.790. The molecular weight excluding hydrogens is 343 g/mol. The Labute approximate surface area is 162 Å². The van der Waals surface area contributed by atoms with E-state index in [4.69, 9.17) is 4.74 Å². The second kappa shape index (κ2) is 10.2. The van der Waals surface area contributed by atoms with E-state index >= 15 is 0 Å². The average molecular weight is 377 g/mol. The Morgan fingerprint density at radius 2 is 2.04 bits per heavy atom. The van der Waals surface area contributed by atoms with Crippen molar-refractivity contribution >= 4 is 5.91 Å². The van der Waals surface area contributed by atoms with Crippen molar-refractivity contribution in [1.29, 1.82) is 0 Å². The summed E-state index contributed by atoms with van der Waals surface area (Å²) in [7, 11) is 0. The number of hydrogen-bond acceptors (Lipinski definition) is 3. The van der Waals surface area contributed by atoms with Crippen molar-refractivity contribution in [2.75, 3.05) is 6.61 Å². The number of carbonyl (C=O) groups is 1. The fourth-order valence-electron chi connectivity index (χ4n) is 4.39. The molecule has 2 fully saturated rings. The maximum Gasteiger partial charge on any atom is 0.223 e. The fourth-order valence-corrected chi connectivity index (χ4v) is 4.39. The number of ether oxygens (including phenoxy) is 1. The summed E-state index contributed by atoms with van der Waals surface area (Å²) in [6.07, 6.45) is 8.86. The molecule has 0 radical (unpaired) electrons. The lowest BCUT2D eigenvalue weighted by Gasteiger charge is -2.37. The summed E-state index contributed by atoms with van der Waals surface area (Å²) in [6, 6.07) is 7.35. The van der Waals surface area contributed by atoms with Gasteiger partial charge in [0.1, 0.15) is 5.82 Å². The zero-order chi connectivity index (χ0) is 19.1. The predicted octanol–water partition coefficient (Wildman–Crippen LogP) is 3.94. The van der Waals surface area contributed by atoms with Crippen LogP contribution in [0, 0.1) is 11.7 Å². The molecule has 3 atom stereocenters. The topological polar surface area (TPSA) is 50.4 Å². The summed E-state index contributed by atoms with van der Waals surface area (Å²) in [5, 5.41) is 6.78. The van der Waals surface area contributed by atoms with Crippen LogP contribution in [0.15, 0.2) is 24.3 Å². The number of amides is 1. The summed E-state index contributed by atoms with van der Waals surface area (Å²) in [6.45, 7) is 3.23. The van der Waals surface area contributed by atoms with E-state index in [-0.39, 0.29) is 23.7 Å². The van der Waals surface area contributed by atoms with E-state index < -0.39 is 0 Å². The molecule has 27 heavy (non-hydrogen) atoms. The molecule has 1 amide bonds. The van der Waals surface area contributed by atoms with E-state index in [2.05, 4.69) is 17.6 Å². The Morgan fingerprint density at radius 1 is 1.22 bits per heavy atom. The molecule has 2 N–H and O–H groups in total. The van der Waals surface area contributed by atoms with Crippen molar-refractivity contribution < 1.29 is 13.9 Å². The molecule has 2 aliphatic carbocycles. The Balaban J connectivity index is 1.52. The van der Waals surface area contributed by atoms with Crippen LogP contribution in [0.1, 0.15) is 63.9 Å². The van der Waals surface area contributed by atoms with Crippen molar-refractivity contribution in [1.82, 2.24) is 10.6 Å². The minimum atomic E-state index is -0.270. The molecule has 2 saturated carbocycles. The fraction of sp³-hybridized carbons (Fsp3) is 0.682. The standard InChI is InChI=1S/C22H33FN2O2/c1-2-12-27-21-14-17(10-11-20(21)25-19-8-3-4-9-19)22(26)24-15-16-6-5-7-18(23)13-16/h5-7,13,17,19-21,25H,2-4,8-12,14-15H2,1H3,(H,24,26)/t17-,20+,21+/m0/s1. The Kier molecular flexibility index (Phi) is 7.65. The molecule has 0 saturated heterocycles. The van der Waals surface area contributed by atoms with Crippen molar-refractivity contribution in [3.05, 3.63) is 35.6 Å². The van der Waals surface area contributed by atoms with Crippen LogP contribution in [0.4, 0.5) is 4.39 Å². The number of rotatable bonds is 8. The molecule has 4 nitrogen and oxygen atoms in total. The molecule has 0 aliphatic heterocycles. The molecule has 2 aliphatic rings. The van der Waals surface area contributed by atoms with Crippen molar-refractivity contribution in [2.45, 2.75) is 83.0 Å². The first-order valence-electron chi connectivity index (χ1n) is 10.6. The summed E-state index contributed by atoms with van der Waals surface area (Å²) < 4.78 is 19.4. The van der Waals surface area contributed by atoms with Crippen molar-refractivity contribution in [3.8, 4) is 0 Å². The van der Waals surface area contributed by atoms with Crippen LogP contribution in [0.3, 0.4) is 0 Å². The highest BCUT2D eigenvalue weighted by Gasteiger charge is 2.35. The molecule has 0 aromatic heterocycles. The van der Waals surface area contributed by atoms with Gasteiger partial charge in [0.05, 0.1) is 6.10 Å². The first kappa shape index (κ1) is 20.3. The third-order valence-corrected chi connectivity index (χ3v) is 5.86. The van der Waals surface area contributed by atoms with E-state index in [1.165, 1.54) is 37.8 Å². The minimum absolute atomic E-state index is 0.0259. The molecule has 0 unspecified atom stereocenters. The average Bonchev–Trinajstić information content (AvgIpc) is 3.18. The van der Waals surface area contributed by atoms with Crippen LogP contribution in [0.5, 0.6) is 0 Å². The molecule has 1 aromatic rings. The summed E-state index contributed by atoms with van der Waals surface area (Å²) >= 11 is 0. The lowest BCUT2D eigenvalue weighted by atomic mass is 9.82. The van der Waals surface area contributed by atoms with E-state index in [1.807, 2.05) is 6.07 Å². The smallest absolute Gasteiger partial charge is 0.223 e. The highest BCUT2D eigenvalue weighted by atomic mass is 19.1. The van der Waals surface area contributed by atoms with Gasteiger partial charge in [0.25, 0.3) is 0 Å². The molecular formula is C22H33FN2O2. The number of halogens is 1. The largest absolute Gasteiger partial charge is 0.377 e. The third-order valence-electron chi connectivity index (χ3n) is 5.86. The van der Waals surface area contributed by atoms with E-state index in [9.17, 15) is 9.18 Å².